The molecule has 0 saturated heterocycles. The predicted molar refractivity (Wildman–Crippen MR) is 79.4 cm³/mol. The standard InChI is InChI=1S/C15H14F4N4O/c1-14(2,16)9-3-10(15(17,18)19)5-11(4-9)23-13-21-6-8(7-22-13)12(20)24/h3-7H,1-2H3,(H2,20,24)(H,21,22,23). The second-order valence-electron chi connectivity index (χ2n) is 5.55. The Morgan fingerprint density at radius 1 is 1.04 bits per heavy atom. The summed E-state index contributed by atoms with van der Waals surface area (Å²) >= 11 is 0. The maximum Gasteiger partial charge on any atom is 0.416 e. The number of aromatic nitrogens is 2. The number of alkyl halides is 4. The topological polar surface area (TPSA) is 80.9 Å². The average molecular weight is 342 g/mol. The van der Waals surface area contributed by atoms with Crippen LogP contribution >= 0.6 is 0 Å². The number of hydrogen-bond donors (Lipinski definition) is 2. The van der Waals surface area contributed by atoms with Gasteiger partial charge in [-0.1, -0.05) is 0 Å². The predicted octanol–water partition coefficient (Wildman–Crippen LogP) is 3.54. The molecule has 24 heavy (non-hydrogen) atoms. The molecule has 128 valence electrons. The van der Waals surface area contributed by atoms with Gasteiger partial charge in [-0.05, 0) is 37.6 Å². The Bertz CT molecular complexity index is 719. The van der Waals surface area contributed by atoms with Gasteiger partial charge in [0, 0.05) is 18.1 Å². The molecule has 3 N–H and O–H groups in total. The highest BCUT2D eigenvalue weighted by atomic mass is 19.4. The summed E-state index contributed by atoms with van der Waals surface area (Å²) in [6.45, 7) is 2.31. The number of nitrogens with one attached hydrogen (secondary N) is 1. The lowest BCUT2D eigenvalue weighted by atomic mass is 9.97. The SMILES string of the molecule is CC(C)(F)c1cc(Nc2ncc(C(N)=O)cn2)cc(C(F)(F)F)c1. The van der Waals surface area contributed by atoms with Crippen LogP contribution in [-0.2, 0) is 11.8 Å². The van der Waals surface area contributed by atoms with Gasteiger partial charge >= 0.3 is 6.18 Å². The quantitative estimate of drug-likeness (QED) is 0.833. The third-order valence-corrected chi connectivity index (χ3v) is 3.14. The minimum Gasteiger partial charge on any atom is -0.366 e. The van der Waals surface area contributed by atoms with Gasteiger partial charge in [0.15, 0.2) is 0 Å². The van der Waals surface area contributed by atoms with Crippen LogP contribution in [0.3, 0.4) is 0 Å². The second kappa shape index (κ2) is 6.06. The highest BCUT2D eigenvalue weighted by molar-refractivity contribution is 5.92. The average Bonchev–Trinajstić information content (AvgIpc) is 2.45. The fourth-order valence-electron chi connectivity index (χ4n) is 1.86. The van der Waals surface area contributed by atoms with Crippen LogP contribution in [0.15, 0.2) is 30.6 Å². The third kappa shape index (κ3) is 4.18. The van der Waals surface area contributed by atoms with Crippen LogP contribution in [0.1, 0.15) is 35.3 Å². The number of rotatable bonds is 4. The molecule has 0 radical (unpaired) electrons. The number of nitrogens with zero attached hydrogens (tertiary/aromatic N) is 2. The van der Waals surface area contributed by atoms with Crippen molar-refractivity contribution in [2.45, 2.75) is 25.7 Å². The number of nitrogens with two attached hydrogens (primary N) is 1. The monoisotopic (exact) mass is 342 g/mol. The number of primary amides is 1. The fraction of sp³-hybridized carbons (Fsp3) is 0.267. The summed E-state index contributed by atoms with van der Waals surface area (Å²) in [5.74, 6) is -0.788. The smallest absolute Gasteiger partial charge is 0.366 e. The zero-order valence-electron chi connectivity index (χ0n) is 12.8. The Balaban J connectivity index is 2.40. The van der Waals surface area contributed by atoms with E-state index in [9.17, 15) is 22.4 Å². The van der Waals surface area contributed by atoms with Crippen molar-refractivity contribution in [1.29, 1.82) is 0 Å². The zero-order valence-corrected chi connectivity index (χ0v) is 12.8. The van der Waals surface area contributed by atoms with E-state index in [0.717, 1.165) is 38.4 Å². The number of carbonyl (C=O) groups is 1. The van der Waals surface area contributed by atoms with Crippen molar-refractivity contribution in [3.63, 3.8) is 0 Å². The van der Waals surface area contributed by atoms with E-state index >= 15 is 0 Å². The number of halogens is 4. The highest BCUT2D eigenvalue weighted by Crippen LogP contribution is 2.36. The van der Waals surface area contributed by atoms with Crippen molar-refractivity contribution in [2.24, 2.45) is 5.73 Å². The molecule has 5 nitrogen and oxygen atoms in total. The van der Waals surface area contributed by atoms with Crippen molar-refractivity contribution in [2.75, 3.05) is 5.32 Å². The first-order valence-corrected chi connectivity index (χ1v) is 6.77. The molecule has 1 heterocycles. The number of carbonyl (C=O) groups excluding carboxylic acids is 1. The molecule has 0 aliphatic carbocycles. The van der Waals surface area contributed by atoms with E-state index < -0.39 is 23.3 Å². The van der Waals surface area contributed by atoms with E-state index in [0.29, 0.717) is 0 Å². The Hall–Kier alpha value is -2.71. The molecule has 1 amide bonds. The lowest BCUT2D eigenvalue weighted by molar-refractivity contribution is -0.137. The van der Waals surface area contributed by atoms with Gasteiger partial charge in [-0.25, -0.2) is 14.4 Å². The van der Waals surface area contributed by atoms with Crippen molar-refractivity contribution in [1.82, 2.24) is 9.97 Å². The molecule has 0 saturated carbocycles. The lowest BCUT2D eigenvalue weighted by Gasteiger charge is -2.19. The molecule has 1 aromatic heterocycles. The van der Waals surface area contributed by atoms with Crippen LogP contribution in [0.4, 0.5) is 29.2 Å². The van der Waals surface area contributed by atoms with Crippen molar-refractivity contribution in [3.05, 3.63) is 47.3 Å². The van der Waals surface area contributed by atoms with Gasteiger partial charge in [0.25, 0.3) is 5.91 Å². The molecule has 1 aromatic carbocycles. The molecule has 0 bridgehead atoms. The minimum atomic E-state index is -4.63. The molecular weight excluding hydrogens is 328 g/mol. The summed E-state index contributed by atoms with van der Waals surface area (Å²) in [6, 6.07) is 2.81. The highest BCUT2D eigenvalue weighted by Gasteiger charge is 2.33. The first-order chi connectivity index (χ1) is 11.0. The first-order valence-electron chi connectivity index (χ1n) is 6.77. The number of benzene rings is 1. The third-order valence-electron chi connectivity index (χ3n) is 3.14. The van der Waals surface area contributed by atoms with E-state index in [1.54, 1.807) is 0 Å². The van der Waals surface area contributed by atoms with Crippen molar-refractivity contribution < 1.29 is 22.4 Å². The van der Waals surface area contributed by atoms with Crippen LogP contribution in [0.5, 0.6) is 0 Å². The van der Waals surface area contributed by atoms with E-state index in [4.69, 9.17) is 5.73 Å². The summed E-state index contributed by atoms with van der Waals surface area (Å²) < 4.78 is 53.0. The van der Waals surface area contributed by atoms with E-state index in [2.05, 4.69) is 15.3 Å². The van der Waals surface area contributed by atoms with Crippen LogP contribution in [-0.4, -0.2) is 15.9 Å². The van der Waals surface area contributed by atoms with Gasteiger partial charge in [-0.15, -0.1) is 0 Å². The van der Waals surface area contributed by atoms with Crippen LogP contribution in [0.25, 0.3) is 0 Å². The van der Waals surface area contributed by atoms with Gasteiger partial charge in [-0.2, -0.15) is 13.2 Å². The molecular formula is C15H14F4N4O. The molecule has 2 aromatic rings. The van der Waals surface area contributed by atoms with Crippen LogP contribution < -0.4 is 11.1 Å². The summed E-state index contributed by atoms with van der Waals surface area (Å²) in [5, 5.41) is 2.55. The normalized spacial score (nSPS) is 12.1. The Morgan fingerprint density at radius 2 is 1.58 bits per heavy atom. The number of amides is 1. The van der Waals surface area contributed by atoms with Gasteiger partial charge in [0.2, 0.25) is 5.95 Å². The fourth-order valence-corrected chi connectivity index (χ4v) is 1.86. The maximum absolute atomic E-state index is 14.1. The summed E-state index contributed by atoms with van der Waals surface area (Å²) in [5.41, 5.74) is 1.96. The summed E-state index contributed by atoms with van der Waals surface area (Å²) in [7, 11) is 0. The van der Waals surface area contributed by atoms with Crippen molar-refractivity contribution >= 4 is 17.5 Å². The molecule has 0 aliphatic rings. The molecule has 0 fully saturated rings. The summed E-state index contributed by atoms with van der Waals surface area (Å²) in [4.78, 5) is 18.5. The first kappa shape index (κ1) is 17.6. The molecule has 9 heteroatoms. The largest absolute Gasteiger partial charge is 0.416 e. The van der Waals surface area contributed by atoms with Crippen LogP contribution in [0, 0.1) is 0 Å². The lowest BCUT2D eigenvalue weighted by Crippen LogP contribution is -2.14. The maximum atomic E-state index is 14.1. The van der Waals surface area contributed by atoms with Gasteiger partial charge < -0.3 is 11.1 Å². The Kier molecular flexibility index (Phi) is 4.46. The Labute approximate surface area is 134 Å². The van der Waals surface area contributed by atoms with Gasteiger partial charge in [0.05, 0.1) is 11.1 Å². The minimum absolute atomic E-state index is 0.0302. The molecule has 0 atom stereocenters. The van der Waals surface area contributed by atoms with Gasteiger partial charge in [0.1, 0.15) is 5.67 Å². The molecule has 0 unspecified atom stereocenters. The molecule has 0 aliphatic heterocycles. The number of anilines is 2. The summed E-state index contributed by atoms with van der Waals surface area (Å²) in [6.07, 6.45) is -2.37. The molecule has 0 spiro atoms. The van der Waals surface area contributed by atoms with E-state index in [1.807, 2.05) is 0 Å². The second-order valence-corrected chi connectivity index (χ2v) is 5.55. The van der Waals surface area contributed by atoms with Gasteiger partial charge in [-0.3, -0.25) is 4.79 Å². The zero-order chi connectivity index (χ0) is 18.1. The van der Waals surface area contributed by atoms with E-state index in [-0.39, 0.29) is 22.8 Å². The van der Waals surface area contributed by atoms with E-state index in [1.165, 1.54) is 6.07 Å². The van der Waals surface area contributed by atoms with Crippen molar-refractivity contribution in [3.8, 4) is 0 Å². The van der Waals surface area contributed by atoms with Crippen LogP contribution in [0.2, 0.25) is 0 Å². The Morgan fingerprint density at radius 3 is 2.04 bits per heavy atom. The molecule has 2 rings (SSSR count). The number of hydrogen-bond acceptors (Lipinski definition) is 4.